The lowest BCUT2D eigenvalue weighted by atomic mass is 10.0. The van der Waals surface area contributed by atoms with Crippen molar-refractivity contribution in [3.8, 4) is 0 Å². The molecule has 0 bridgehead atoms. The van der Waals surface area contributed by atoms with Crippen molar-refractivity contribution in [2.75, 3.05) is 0 Å². The molecule has 1 aromatic heterocycles. The third-order valence-electron chi connectivity index (χ3n) is 3.42. The molecule has 0 saturated heterocycles. The van der Waals surface area contributed by atoms with Crippen LogP contribution in [0.3, 0.4) is 0 Å². The minimum Gasteiger partial charge on any atom is -0.478 e. The van der Waals surface area contributed by atoms with Gasteiger partial charge >= 0.3 is 5.97 Å². The van der Waals surface area contributed by atoms with Crippen LogP contribution in [-0.4, -0.2) is 21.3 Å². The first-order valence-corrected chi connectivity index (χ1v) is 9.02. The predicted octanol–water partition coefficient (Wildman–Crippen LogP) is 5.06. The lowest BCUT2D eigenvalue weighted by Gasteiger charge is -2.08. The van der Waals surface area contributed by atoms with Crippen molar-refractivity contribution in [3.05, 3.63) is 74.4 Å². The number of hydrogen-bond donors (Lipinski definition) is 2. The number of benzene rings is 2. The van der Waals surface area contributed by atoms with Crippen molar-refractivity contribution >= 4 is 28.3 Å². The lowest BCUT2D eigenvalue weighted by molar-refractivity contribution is 0.0696. The molecule has 1 heterocycles. The Bertz CT molecular complexity index is 987. The van der Waals surface area contributed by atoms with E-state index >= 15 is 0 Å². The maximum absolute atomic E-state index is 13.6. The number of halogens is 2. The van der Waals surface area contributed by atoms with Gasteiger partial charge in [0.05, 0.1) is 21.7 Å². The number of rotatable bonds is 3. The van der Waals surface area contributed by atoms with Gasteiger partial charge in [-0.25, -0.2) is 14.3 Å². The van der Waals surface area contributed by atoms with Crippen LogP contribution in [0, 0.1) is 5.82 Å². The Kier molecular flexibility index (Phi) is 8.62. The Morgan fingerprint density at radius 3 is 2.48 bits per heavy atom. The summed E-state index contributed by atoms with van der Waals surface area (Å²) in [4.78, 5) is 22.8. The van der Waals surface area contributed by atoms with Gasteiger partial charge in [-0.15, -0.1) is 0 Å². The minimum atomic E-state index is -1.22. The quantitative estimate of drug-likeness (QED) is 0.652. The molecule has 27 heavy (non-hydrogen) atoms. The smallest absolute Gasteiger partial charge is 0.335 e. The van der Waals surface area contributed by atoms with Gasteiger partial charge in [-0.3, -0.25) is 4.79 Å². The third kappa shape index (κ3) is 5.37. The number of hydrogen-bond acceptors (Lipinski definition) is 3. The van der Waals surface area contributed by atoms with Gasteiger partial charge in [0.15, 0.2) is 0 Å². The molecule has 0 atom stereocenters. The summed E-state index contributed by atoms with van der Waals surface area (Å²) in [5, 5.41) is 16.5. The topological polar surface area (TPSA) is 83.0 Å². The van der Waals surface area contributed by atoms with E-state index in [1.54, 1.807) is 18.2 Å². The number of aromatic nitrogens is 2. The molecule has 3 aromatic rings. The number of carboxylic acids is 1. The largest absolute Gasteiger partial charge is 0.478 e. The highest BCUT2D eigenvalue weighted by Gasteiger charge is 2.13. The molecular formula is C20H22ClFN2O3. The zero-order valence-corrected chi connectivity index (χ0v) is 16.4. The average molecular weight is 393 g/mol. The molecule has 0 radical (unpaired) electrons. The number of nitrogens with zero attached hydrogens (tertiary/aromatic N) is 1. The van der Waals surface area contributed by atoms with Crippen molar-refractivity contribution in [1.29, 1.82) is 0 Å². The van der Waals surface area contributed by atoms with Crippen LogP contribution in [0.2, 0.25) is 5.02 Å². The Balaban J connectivity index is 0.000000855. The molecule has 0 amide bonds. The molecule has 0 fully saturated rings. The standard InChI is InChI=1S/C16H10ClFN2O3.2C2H6/c17-12-3-1-2-11-14(12)13(19-20-15(11)21)6-8-4-9(16(22)23)7-10(18)5-8;2*1-2/h1-5,7H,6H2,(H,20,21)(H,22,23);2*1-2H3. The second-order valence-corrected chi connectivity index (χ2v) is 5.40. The van der Waals surface area contributed by atoms with Crippen LogP contribution in [0.25, 0.3) is 10.8 Å². The zero-order chi connectivity index (χ0) is 20.6. The summed E-state index contributed by atoms with van der Waals surface area (Å²) >= 11 is 6.15. The van der Waals surface area contributed by atoms with Crippen molar-refractivity contribution in [2.45, 2.75) is 34.1 Å². The van der Waals surface area contributed by atoms with E-state index in [0.29, 0.717) is 27.1 Å². The van der Waals surface area contributed by atoms with Crippen LogP contribution >= 0.6 is 11.6 Å². The molecule has 0 spiro atoms. The van der Waals surface area contributed by atoms with Crippen LogP contribution < -0.4 is 5.56 Å². The van der Waals surface area contributed by atoms with E-state index in [9.17, 15) is 14.0 Å². The summed E-state index contributed by atoms with van der Waals surface area (Å²) in [6, 6.07) is 8.41. The second kappa shape index (κ2) is 10.4. The average Bonchev–Trinajstić information content (AvgIpc) is 2.67. The van der Waals surface area contributed by atoms with E-state index in [1.165, 1.54) is 12.1 Å². The first-order valence-electron chi connectivity index (χ1n) is 8.64. The molecule has 5 nitrogen and oxygen atoms in total. The number of carboxylic acid groups (broad SMARTS) is 1. The van der Waals surface area contributed by atoms with Gasteiger partial charge in [0.1, 0.15) is 5.82 Å². The van der Waals surface area contributed by atoms with Gasteiger partial charge in [-0.1, -0.05) is 45.4 Å². The molecule has 0 saturated carbocycles. The van der Waals surface area contributed by atoms with Crippen LogP contribution in [0.1, 0.15) is 49.3 Å². The number of H-pyrrole nitrogens is 1. The molecule has 144 valence electrons. The van der Waals surface area contributed by atoms with E-state index in [-0.39, 0.29) is 17.5 Å². The van der Waals surface area contributed by atoms with E-state index in [4.69, 9.17) is 16.7 Å². The molecule has 2 N–H and O–H groups in total. The maximum atomic E-state index is 13.6. The highest BCUT2D eigenvalue weighted by Crippen LogP contribution is 2.25. The molecule has 0 aliphatic carbocycles. The Morgan fingerprint density at radius 2 is 1.85 bits per heavy atom. The third-order valence-corrected chi connectivity index (χ3v) is 3.73. The monoisotopic (exact) mass is 392 g/mol. The van der Waals surface area contributed by atoms with Gasteiger partial charge in [0.2, 0.25) is 0 Å². The van der Waals surface area contributed by atoms with Gasteiger partial charge < -0.3 is 5.11 Å². The van der Waals surface area contributed by atoms with Crippen LogP contribution in [-0.2, 0) is 6.42 Å². The summed E-state index contributed by atoms with van der Waals surface area (Å²) in [6.07, 6.45) is 0.134. The zero-order valence-electron chi connectivity index (χ0n) is 15.6. The van der Waals surface area contributed by atoms with Crippen molar-refractivity contribution < 1.29 is 14.3 Å². The molecule has 7 heteroatoms. The first kappa shape index (κ1) is 22.3. The van der Waals surface area contributed by atoms with Gasteiger partial charge in [0, 0.05) is 11.8 Å². The summed E-state index contributed by atoms with van der Waals surface area (Å²) in [6.45, 7) is 8.00. The van der Waals surface area contributed by atoms with E-state index in [2.05, 4.69) is 10.2 Å². The number of nitrogens with one attached hydrogen (secondary N) is 1. The molecule has 0 aliphatic rings. The fraction of sp³-hybridized carbons (Fsp3) is 0.250. The van der Waals surface area contributed by atoms with Gasteiger partial charge in [-0.2, -0.15) is 5.10 Å². The Morgan fingerprint density at radius 1 is 1.19 bits per heavy atom. The predicted molar refractivity (Wildman–Crippen MR) is 106 cm³/mol. The van der Waals surface area contributed by atoms with E-state index in [1.807, 2.05) is 27.7 Å². The Labute approximate surface area is 161 Å². The first-order chi connectivity index (χ1) is 13.0. The minimum absolute atomic E-state index is 0.134. The number of aromatic amines is 1. The highest BCUT2D eigenvalue weighted by atomic mass is 35.5. The van der Waals surface area contributed by atoms with Crippen molar-refractivity contribution in [3.63, 3.8) is 0 Å². The normalized spacial score (nSPS) is 9.70. The molecule has 2 aromatic carbocycles. The highest BCUT2D eigenvalue weighted by molar-refractivity contribution is 6.35. The Hall–Kier alpha value is -2.73. The fourth-order valence-corrected chi connectivity index (χ4v) is 2.72. The SMILES string of the molecule is CC.CC.O=C(O)c1cc(F)cc(Cc2n[nH]c(=O)c3cccc(Cl)c23)c1. The summed E-state index contributed by atoms with van der Waals surface area (Å²) in [7, 11) is 0. The molecule has 0 unspecified atom stereocenters. The second-order valence-electron chi connectivity index (χ2n) is 4.99. The van der Waals surface area contributed by atoms with Crippen molar-refractivity contribution in [1.82, 2.24) is 10.2 Å². The van der Waals surface area contributed by atoms with E-state index in [0.717, 1.165) is 6.07 Å². The number of carbonyl (C=O) groups is 1. The summed E-state index contributed by atoms with van der Waals surface area (Å²) in [5.74, 6) is -1.87. The van der Waals surface area contributed by atoms with Gasteiger partial charge in [-0.05, 0) is 35.9 Å². The number of fused-ring (bicyclic) bond motifs is 1. The van der Waals surface area contributed by atoms with Gasteiger partial charge in [0.25, 0.3) is 5.56 Å². The molecular weight excluding hydrogens is 371 g/mol. The molecule has 3 rings (SSSR count). The summed E-state index contributed by atoms with van der Waals surface area (Å²) in [5.41, 5.74) is 0.326. The van der Waals surface area contributed by atoms with Crippen molar-refractivity contribution in [2.24, 2.45) is 0 Å². The van der Waals surface area contributed by atoms with E-state index < -0.39 is 11.8 Å². The molecule has 0 aliphatic heterocycles. The fourth-order valence-electron chi connectivity index (χ4n) is 2.44. The number of aromatic carboxylic acids is 1. The maximum Gasteiger partial charge on any atom is 0.335 e. The lowest BCUT2D eigenvalue weighted by Crippen LogP contribution is -2.12. The summed E-state index contributed by atoms with van der Waals surface area (Å²) < 4.78 is 13.6. The van der Waals surface area contributed by atoms with Crippen LogP contribution in [0.4, 0.5) is 4.39 Å². The van der Waals surface area contributed by atoms with Crippen LogP contribution in [0.15, 0.2) is 41.2 Å². The van der Waals surface area contributed by atoms with Crippen LogP contribution in [0.5, 0.6) is 0 Å².